The molecule has 1 fully saturated rings. The third-order valence-electron chi connectivity index (χ3n) is 5.59. The number of nitrogens with zero attached hydrogens (tertiary/aromatic N) is 2. The highest BCUT2D eigenvalue weighted by Gasteiger charge is 2.37. The van der Waals surface area contributed by atoms with Gasteiger partial charge in [0.15, 0.2) is 18.2 Å². The van der Waals surface area contributed by atoms with E-state index in [1.165, 1.54) is 31.5 Å². The summed E-state index contributed by atoms with van der Waals surface area (Å²) in [5, 5.41) is 4.66. The number of hydrogen-bond donors (Lipinski definition) is 1. The number of oxime groups is 1. The zero-order valence-electron chi connectivity index (χ0n) is 19.4. The number of rotatable bonds is 10. The van der Waals surface area contributed by atoms with Gasteiger partial charge in [0.05, 0.1) is 0 Å². The molecule has 2 atom stereocenters. The second kappa shape index (κ2) is 11.7. The van der Waals surface area contributed by atoms with Gasteiger partial charge in [-0.2, -0.15) is 5.90 Å². The Kier molecular flexibility index (Phi) is 8.67. The van der Waals surface area contributed by atoms with Crippen LogP contribution < -0.4 is 5.90 Å². The molecule has 0 aliphatic heterocycles. The van der Waals surface area contributed by atoms with Crippen molar-refractivity contribution in [2.24, 2.45) is 17.0 Å². The van der Waals surface area contributed by atoms with Crippen LogP contribution in [0.4, 0.5) is 0 Å². The fourth-order valence-corrected chi connectivity index (χ4v) is 3.86. The van der Waals surface area contributed by atoms with Crippen LogP contribution in [0.1, 0.15) is 42.4 Å². The van der Waals surface area contributed by atoms with E-state index in [-0.39, 0.29) is 12.4 Å². The van der Waals surface area contributed by atoms with Crippen LogP contribution in [0.25, 0.3) is 5.76 Å². The lowest BCUT2D eigenvalue weighted by molar-refractivity contribution is -0.147. The molecule has 0 radical (unpaired) electrons. The maximum absolute atomic E-state index is 13.0. The number of nitrogens with two attached hydrogens (primary N) is 1. The van der Waals surface area contributed by atoms with Crippen molar-refractivity contribution in [1.82, 2.24) is 4.90 Å². The van der Waals surface area contributed by atoms with Gasteiger partial charge in [-0.25, -0.2) is 0 Å². The predicted octanol–water partition coefficient (Wildman–Crippen LogP) is 4.09. The molecule has 1 amide bonds. The summed E-state index contributed by atoms with van der Waals surface area (Å²) >= 11 is 5.99. The normalized spacial score (nSPS) is 17.7. The molecule has 0 aromatic heterocycles. The zero-order chi connectivity index (χ0) is 24.7. The second-order valence-corrected chi connectivity index (χ2v) is 8.45. The quantitative estimate of drug-likeness (QED) is 0.179. The molecule has 1 aliphatic rings. The van der Waals surface area contributed by atoms with Crippen LogP contribution in [0.3, 0.4) is 0 Å². The molecule has 2 unspecified atom stereocenters. The number of amides is 1. The van der Waals surface area contributed by atoms with Gasteiger partial charge in [-0.3, -0.25) is 9.59 Å². The minimum Gasteiger partial charge on any atom is -0.444 e. The van der Waals surface area contributed by atoms with Gasteiger partial charge in [0, 0.05) is 30.1 Å². The molecule has 2 aromatic carbocycles. The van der Waals surface area contributed by atoms with E-state index in [0.29, 0.717) is 28.7 Å². The Hall–Kier alpha value is -3.36. The Labute approximate surface area is 203 Å². The molecule has 34 heavy (non-hydrogen) atoms. The first-order valence-corrected chi connectivity index (χ1v) is 11.2. The molecular weight excluding hydrogens is 458 g/mol. The van der Waals surface area contributed by atoms with Gasteiger partial charge in [-0.15, -0.1) is 0 Å². The molecule has 180 valence electrons. The van der Waals surface area contributed by atoms with E-state index < -0.39 is 11.9 Å². The summed E-state index contributed by atoms with van der Waals surface area (Å²) in [7, 11) is 2.85. The molecule has 2 N–H and O–H groups in total. The number of likely N-dealkylation sites (N-methyl/N-ethyl adjacent to an activating group) is 1. The van der Waals surface area contributed by atoms with Crippen molar-refractivity contribution in [2.75, 3.05) is 20.9 Å². The highest BCUT2D eigenvalue weighted by atomic mass is 35.5. The highest BCUT2D eigenvalue weighted by Crippen LogP contribution is 2.50. The lowest BCUT2D eigenvalue weighted by Crippen LogP contribution is -2.36. The van der Waals surface area contributed by atoms with E-state index >= 15 is 0 Å². The molecule has 8 nitrogen and oxygen atoms in total. The van der Waals surface area contributed by atoms with Crippen molar-refractivity contribution in [2.45, 2.75) is 25.7 Å². The number of halogens is 1. The first-order valence-electron chi connectivity index (χ1n) is 10.8. The summed E-state index contributed by atoms with van der Waals surface area (Å²) in [5.41, 5.74) is 2.36. The Balaban J connectivity index is 1.81. The second-order valence-electron chi connectivity index (χ2n) is 8.01. The van der Waals surface area contributed by atoms with Gasteiger partial charge in [0.1, 0.15) is 7.11 Å². The van der Waals surface area contributed by atoms with Gasteiger partial charge in [-0.1, -0.05) is 53.2 Å². The lowest BCUT2D eigenvalue weighted by Gasteiger charge is -2.19. The molecule has 9 heteroatoms. The molecule has 2 aromatic rings. The number of ether oxygens (including phenoxy) is 1. The van der Waals surface area contributed by atoms with Crippen molar-refractivity contribution >= 4 is 34.9 Å². The maximum Gasteiger partial charge on any atom is 0.304 e. The third kappa shape index (κ3) is 6.36. The van der Waals surface area contributed by atoms with E-state index in [1.807, 2.05) is 24.3 Å². The van der Waals surface area contributed by atoms with Crippen LogP contribution in [0.15, 0.2) is 59.8 Å². The van der Waals surface area contributed by atoms with Crippen LogP contribution in [0.5, 0.6) is 0 Å². The maximum atomic E-state index is 13.0. The fourth-order valence-electron chi connectivity index (χ4n) is 3.73. The molecule has 1 saturated carbocycles. The van der Waals surface area contributed by atoms with Crippen LogP contribution in [-0.4, -0.2) is 43.4 Å². The molecule has 0 bridgehead atoms. The van der Waals surface area contributed by atoms with E-state index in [9.17, 15) is 9.59 Å². The lowest BCUT2D eigenvalue weighted by atomic mass is 9.99. The van der Waals surface area contributed by atoms with Crippen molar-refractivity contribution in [3.63, 3.8) is 0 Å². The molecule has 1 aliphatic carbocycles. The van der Waals surface area contributed by atoms with Gasteiger partial charge in [-0.05, 0) is 48.4 Å². The van der Waals surface area contributed by atoms with Gasteiger partial charge < -0.3 is 19.3 Å². The third-order valence-corrected chi connectivity index (χ3v) is 5.85. The number of carbonyl (C=O) groups is 2. The minimum absolute atomic E-state index is 0.0289. The highest BCUT2D eigenvalue weighted by molar-refractivity contribution is 6.45. The van der Waals surface area contributed by atoms with Crippen LogP contribution in [-0.2, 0) is 24.0 Å². The first-order chi connectivity index (χ1) is 16.3. The van der Waals surface area contributed by atoms with Crippen LogP contribution in [0, 0.1) is 5.92 Å². The largest absolute Gasteiger partial charge is 0.444 e. The average molecular weight is 486 g/mol. The van der Waals surface area contributed by atoms with E-state index in [0.717, 1.165) is 17.9 Å². The van der Waals surface area contributed by atoms with Crippen molar-refractivity contribution < 1.29 is 24.0 Å². The fraction of sp³-hybridized carbons (Fsp3) is 0.320. The topological polar surface area (TPSA) is 103 Å². The monoisotopic (exact) mass is 485 g/mol. The van der Waals surface area contributed by atoms with Crippen LogP contribution in [0.2, 0.25) is 5.02 Å². The molecule has 0 spiro atoms. The van der Waals surface area contributed by atoms with Gasteiger partial charge >= 0.3 is 5.97 Å². The first kappa shape index (κ1) is 25.3. The summed E-state index contributed by atoms with van der Waals surface area (Å²) in [5.74, 6) is 5.99. The number of allylic oxidation sites excluding steroid dienone is 1. The smallest absolute Gasteiger partial charge is 0.304 e. The van der Waals surface area contributed by atoms with Crippen molar-refractivity contribution in [3.05, 3.63) is 76.3 Å². The molecule has 0 heterocycles. The Morgan fingerprint density at radius 2 is 1.85 bits per heavy atom. The summed E-state index contributed by atoms with van der Waals surface area (Å²) in [6.07, 6.45) is 3.75. The summed E-state index contributed by atoms with van der Waals surface area (Å²) < 4.78 is 4.92. The minimum atomic E-state index is -0.496. The van der Waals surface area contributed by atoms with Gasteiger partial charge in [0.2, 0.25) is 0 Å². The van der Waals surface area contributed by atoms with E-state index in [4.69, 9.17) is 31.9 Å². The Morgan fingerprint density at radius 1 is 1.18 bits per heavy atom. The standard InChI is InChI=1S/C25H28ClN3O5/c1-16(30)33-15-29(2)25(31)24(28-32-3)21-7-5-4-6-20(21)23(34-27)13-10-18-14-22(18)17-8-11-19(26)12-9-17/h4-9,11-13,18,22H,10,14-15,27H2,1-3H3. The SMILES string of the molecule is CON=C(C(=O)N(C)COC(C)=O)c1ccccc1C(=CCC1CC1c1ccc(Cl)cc1)ON. The summed E-state index contributed by atoms with van der Waals surface area (Å²) in [6, 6.07) is 15.0. The molecule has 3 rings (SSSR count). The average Bonchev–Trinajstić information content (AvgIpc) is 3.61. The summed E-state index contributed by atoms with van der Waals surface area (Å²) in [4.78, 5) is 35.5. The van der Waals surface area contributed by atoms with Crippen molar-refractivity contribution in [1.29, 1.82) is 0 Å². The van der Waals surface area contributed by atoms with Crippen molar-refractivity contribution in [3.8, 4) is 0 Å². The van der Waals surface area contributed by atoms with E-state index in [2.05, 4.69) is 17.3 Å². The summed E-state index contributed by atoms with van der Waals surface area (Å²) in [6.45, 7) is 1.05. The number of benzene rings is 2. The number of esters is 1. The van der Waals surface area contributed by atoms with E-state index in [1.54, 1.807) is 18.2 Å². The van der Waals surface area contributed by atoms with Gasteiger partial charge in [0.25, 0.3) is 5.91 Å². The molecule has 0 saturated heterocycles. The van der Waals surface area contributed by atoms with Crippen LogP contribution >= 0.6 is 11.6 Å². The Morgan fingerprint density at radius 3 is 2.47 bits per heavy atom. The number of hydrogen-bond acceptors (Lipinski definition) is 7. The zero-order valence-corrected chi connectivity index (χ0v) is 20.1. The molecular formula is C25H28ClN3O5. The predicted molar refractivity (Wildman–Crippen MR) is 130 cm³/mol. The number of carbonyl (C=O) groups excluding carboxylic acids is 2. The Bertz CT molecular complexity index is 1080.